The molecular formula is C25H29FN4O4. The quantitative estimate of drug-likeness (QED) is 0.535. The molecule has 0 spiro atoms. The van der Waals surface area contributed by atoms with Crippen LogP contribution in [-0.2, 0) is 11.3 Å². The molecular weight excluding hydrogens is 439 g/mol. The molecule has 2 aromatic carbocycles. The van der Waals surface area contributed by atoms with Gasteiger partial charge < -0.3 is 19.3 Å². The zero-order chi connectivity index (χ0) is 24.1. The maximum atomic E-state index is 13.2. The number of nitrogens with zero attached hydrogens (tertiary/aromatic N) is 3. The lowest BCUT2D eigenvalue weighted by Gasteiger charge is -2.31. The molecule has 9 heteroatoms. The maximum Gasteiger partial charge on any atom is 0.241 e. The molecule has 1 aliphatic rings. The lowest BCUT2D eigenvalue weighted by molar-refractivity contribution is -0.127. The molecule has 0 saturated carbocycles. The zero-order valence-electron chi connectivity index (χ0n) is 19.6. The van der Waals surface area contributed by atoms with E-state index in [-0.39, 0.29) is 23.7 Å². The molecule has 1 N–H and O–H groups in total. The summed E-state index contributed by atoms with van der Waals surface area (Å²) in [7, 11) is 3.16. The van der Waals surface area contributed by atoms with Gasteiger partial charge in [0.2, 0.25) is 17.6 Å². The lowest BCUT2D eigenvalue weighted by Crippen LogP contribution is -2.43. The van der Waals surface area contributed by atoms with E-state index in [4.69, 9.17) is 14.0 Å². The van der Waals surface area contributed by atoms with E-state index in [0.717, 1.165) is 30.5 Å². The minimum atomic E-state index is -0.291. The van der Waals surface area contributed by atoms with Gasteiger partial charge >= 0.3 is 0 Å². The summed E-state index contributed by atoms with van der Waals surface area (Å²) in [5, 5.41) is 7.15. The highest BCUT2D eigenvalue weighted by Gasteiger charge is 2.28. The van der Waals surface area contributed by atoms with E-state index in [2.05, 4.69) is 20.4 Å². The summed E-state index contributed by atoms with van der Waals surface area (Å²) in [6.07, 6.45) is 1.72. The van der Waals surface area contributed by atoms with Gasteiger partial charge in [-0.05, 0) is 62.2 Å². The lowest BCUT2D eigenvalue weighted by atomic mass is 9.96. The van der Waals surface area contributed by atoms with E-state index in [9.17, 15) is 9.18 Å². The van der Waals surface area contributed by atoms with Crippen LogP contribution in [0.15, 0.2) is 47.0 Å². The fraction of sp³-hybridized carbons (Fsp3) is 0.400. The number of ether oxygens (including phenoxy) is 2. The van der Waals surface area contributed by atoms with Crippen LogP contribution in [0.4, 0.5) is 4.39 Å². The predicted molar refractivity (Wildman–Crippen MR) is 124 cm³/mol. The zero-order valence-corrected chi connectivity index (χ0v) is 19.6. The molecule has 1 saturated heterocycles. The van der Waals surface area contributed by atoms with Gasteiger partial charge in [0, 0.05) is 12.1 Å². The molecule has 1 amide bonds. The van der Waals surface area contributed by atoms with Crippen molar-refractivity contribution < 1.29 is 23.2 Å². The van der Waals surface area contributed by atoms with Crippen LogP contribution in [0, 0.1) is 11.7 Å². The number of benzene rings is 2. The Hall–Kier alpha value is -3.46. The van der Waals surface area contributed by atoms with Gasteiger partial charge in [-0.25, -0.2) is 4.39 Å². The number of aromatic nitrogens is 2. The monoisotopic (exact) mass is 468 g/mol. The highest BCUT2D eigenvalue weighted by molar-refractivity contribution is 5.79. The summed E-state index contributed by atoms with van der Waals surface area (Å²) in [4.78, 5) is 19.5. The van der Waals surface area contributed by atoms with Gasteiger partial charge in [-0.2, -0.15) is 4.98 Å². The minimum absolute atomic E-state index is 0.00179. The number of amides is 1. The normalized spacial score (nSPS) is 17.2. The van der Waals surface area contributed by atoms with Crippen LogP contribution in [0.3, 0.4) is 0 Å². The number of carbonyl (C=O) groups is 1. The molecule has 1 fully saturated rings. The van der Waals surface area contributed by atoms with Gasteiger partial charge in [-0.15, -0.1) is 0 Å². The Bertz CT molecular complexity index is 1120. The van der Waals surface area contributed by atoms with Gasteiger partial charge in [-0.1, -0.05) is 17.3 Å². The highest BCUT2D eigenvalue weighted by atomic mass is 19.1. The average molecular weight is 469 g/mol. The van der Waals surface area contributed by atoms with Crippen LogP contribution in [0.25, 0.3) is 11.4 Å². The summed E-state index contributed by atoms with van der Waals surface area (Å²) < 4.78 is 29.3. The molecule has 180 valence electrons. The number of methoxy groups -OCH3 is 2. The third-order valence-corrected chi connectivity index (χ3v) is 6.07. The second-order valence-electron chi connectivity index (χ2n) is 8.44. The second-order valence-corrected chi connectivity index (χ2v) is 8.44. The van der Waals surface area contributed by atoms with E-state index in [0.29, 0.717) is 36.3 Å². The Morgan fingerprint density at radius 3 is 2.71 bits per heavy atom. The molecule has 2 heterocycles. The Balaban J connectivity index is 1.35. The van der Waals surface area contributed by atoms with Gasteiger partial charge in [0.25, 0.3) is 0 Å². The summed E-state index contributed by atoms with van der Waals surface area (Å²) in [6.45, 7) is 3.83. The maximum absolute atomic E-state index is 13.2. The highest BCUT2D eigenvalue weighted by Crippen LogP contribution is 2.31. The fourth-order valence-corrected chi connectivity index (χ4v) is 4.18. The molecule has 0 bridgehead atoms. The smallest absolute Gasteiger partial charge is 0.241 e. The number of rotatable bonds is 8. The van der Waals surface area contributed by atoms with E-state index in [1.54, 1.807) is 38.5 Å². The average Bonchev–Trinajstić information content (AvgIpc) is 3.32. The van der Waals surface area contributed by atoms with Crippen molar-refractivity contribution in [1.29, 1.82) is 0 Å². The van der Waals surface area contributed by atoms with Crippen molar-refractivity contribution in [3.05, 3.63) is 59.7 Å². The number of piperidine rings is 1. The summed E-state index contributed by atoms with van der Waals surface area (Å²) in [5.41, 5.74) is 1.63. The van der Waals surface area contributed by atoms with Crippen LogP contribution in [-0.4, -0.2) is 48.3 Å². The number of halogens is 1. The molecule has 34 heavy (non-hydrogen) atoms. The summed E-state index contributed by atoms with van der Waals surface area (Å²) in [6, 6.07) is 11.4. The first-order valence-electron chi connectivity index (χ1n) is 11.3. The van der Waals surface area contributed by atoms with Crippen LogP contribution < -0.4 is 14.8 Å². The number of nitrogens with one attached hydrogen (secondary N) is 1. The van der Waals surface area contributed by atoms with Gasteiger partial charge in [0.15, 0.2) is 11.5 Å². The Morgan fingerprint density at radius 1 is 1.21 bits per heavy atom. The first-order valence-corrected chi connectivity index (χ1v) is 11.3. The van der Waals surface area contributed by atoms with Crippen molar-refractivity contribution >= 4 is 5.91 Å². The molecule has 8 nitrogen and oxygen atoms in total. The Morgan fingerprint density at radius 2 is 1.97 bits per heavy atom. The van der Waals surface area contributed by atoms with E-state index in [1.165, 1.54) is 12.1 Å². The SMILES string of the molecule is COc1ccc(-c2noc(CN3CCCC(C(=O)NC(C)c4ccc(F)cc4)C3)n2)cc1OC. The van der Waals surface area contributed by atoms with Crippen LogP contribution in [0.5, 0.6) is 11.5 Å². The number of likely N-dealkylation sites (tertiary alicyclic amines) is 1. The summed E-state index contributed by atoms with van der Waals surface area (Å²) in [5.74, 6) is 1.75. The van der Waals surface area contributed by atoms with Crippen molar-refractivity contribution in [2.45, 2.75) is 32.4 Å². The van der Waals surface area contributed by atoms with Crippen molar-refractivity contribution in [3.63, 3.8) is 0 Å². The molecule has 1 aliphatic heterocycles. The van der Waals surface area contributed by atoms with Crippen LogP contribution >= 0.6 is 0 Å². The van der Waals surface area contributed by atoms with Crippen molar-refractivity contribution in [2.75, 3.05) is 27.3 Å². The molecule has 2 unspecified atom stereocenters. The Labute approximate surface area is 198 Å². The predicted octanol–water partition coefficient (Wildman–Crippen LogP) is 3.98. The van der Waals surface area contributed by atoms with Gasteiger partial charge in [0.1, 0.15) is 5.82 Å². The molecule has 3 aromatic rings. The molecule has 1 aromatic heterocycles. The minimum Gasteiger partial charge on any atom is -0.493 e. The number of hydrogen-bond acceptors (Lipinski definition) is 7. The summed E-state index contributed by atoms with van der Waals surface area (Å²) >= 11 is 0. The Kier molecular flexibility index (Phi) is 7.42. The van der Waals surface area contributed by atoms with Crippen molar-refractivity contribution in [1.82, 2.24) is 20.4 Å². The molecule has 4 rings (SSSR count). The van der Waals surface area contributed by atoms with Crippen molar-refractivity contribution in [3.8, 4) is 22.9 Å². The van der Waals surface area contributed by atoms with E-state index >= 15 is 0 Å². The number of hydrogen-bond donors (Lipinski definition) is 1. The van der Waals surface area contributed by atoms with E-state index < -0.39 is 0 Å². The molecule has 0 radical (unpaired) electrons. The van der Waals surface area contributed by atoms with Crippen LogP contribution in [0.2, 0.25) is 0 Å². The van der Waals surface area contributed by atoms with Crippen LogP contribution in [0.1, 0.15) is 37.3 Å². The van der Waals surface area contributed by atoms with Crippen molar-refractivity contribution in [2.24, 2.45) is 5.92 Å². The van der Waals surface area contributed by atoms with Gasteiger partial charge in [0.05, 0.1) is 32.7 Å². The fourth-order valence-electron chi connectivity index (χ4n) is 4.18. The molecule has 2 atom stereocenters. The standard InChI is InChI=1S/C25H29FN4O4/c1-16(17-6-9-20(26)10-7-17)27-25(31)19-5-4-12-30(14-19)15-23-28-24(29-34-23)18-8-11-21(32-2)22(13-18)33-3/h6-11,13,16,19H,4-5,12,14-15H2,1-3H3,(H,27,31). The first kappa shape index (κ1) is 23.7. The van der Waals surface area contributed by atoms with E-state index in [1.807, 2.05) is 13.0 Å². The molecule has 0 aliphatic carbocycles. The first-order chi connectivity index (χ1) is 16.5. The third-order valence-electron chi connectivity index (χ3n) is 6.07. The number of carbonyl (C=O) groups excluding carboxylic acids is 1. The topological polar surface area (TPSA) is 89.7 Å². The largest absolute Gasteiger partial charge is 0.493 e. The third kappa shape index (κ3) is 5.53. The van der Waals surface area contributed by atoms with Gasteiger partial charge in [-0.3, -0.25) is 9.69 Å². The second kappa shape index (κ2) is 10.6.